The molecule has 10 heteroatoms. The molecule has 2 aliphatic heterocycles. The first-order valence-corrected chi connectivity index (χ1v) is 11.6. The average Bonchev–Trinajstić information content (AvgIpc) is 2.85. The lowest BCUT2D eigenvalue weighted by Crippen LogP contribution is -2.64. The number of hydrogen-bond donors (Lipinski definition) is 0. The highest BCUT2D eigenvalue weighted by molar-refractivity contribution is 5.96. The zero-order valence-electron chi connectivity index (χ0n) is 19.8. The molecular formula is C25H29F3N4O3. The van der Waals surface area contributed by atoms with Crippen LogP contribution in [-0.2, 0) is 11.0 Å². The predicted octanol–water partition coefficient (Wildman–Crippen LogP) is 3.24. The number of pyridine rings is 1. The molecule has 0 radical (unpaired) electrons. The fourth-order valence-electron chi connectivity index (χ4n) is 4.61. The Labute approximate surface area is 202 Å². The first-order valence-electron chi connectivity index (χ1n) is 11.6. The zero-order valence-corrected chi connectivity index (χ0v) is 19.8. The number of aromatic nitrogens is 1. The smallest absolute Gasteiger partial charge is 0.417 e. The molecule has 1 aromatic heterocycles. The Kier molecular flexibility index (Phi) is 7.02. The van der Waals surface area contributed by atoms with E-state index in [9.17, 15) is 22.8 Å². The van der Waals surface area contributed by atoms with E-state index in [1.54, 1.807) is 17.0 Å². The second kappa shape index (κ2) is 9.85. The van der Waals surface area contributed by atoms with E-state index in [4.69, 9.17) is 4.74 Å². The molecule has 4 rings (SSSR count). The summed E-state index contributed by atoms with van der Waals surface area (Å²) in [6.45, 7) is 4.46. The molecule has 1 aromatic carbocycles. The summed E-state index contributed by atoms with van der Waals surface area (Å²) in [7, 11) is 1.98. The zero-order chi connectivity index (χ0) is 25.2. The van der Waals surface area contributed by atoms with Gasteiger partial charge in [-0.1, -0.05) is 17.7 Å². The van der Waals surface area contributed by atoms with E-state index in [-0.39, 0.29) is 19.0 Å². The highest BCUT2D eigenvalue weighted by Gasteiger charge is 2.49. The van der Waals surface area contributed by atoms with E-state index >= 15 is 0 Å². The van der Waals surface area contributed by atoms with Crippen LogP contribution in [0.1, 0.15) is 34.3 Å². The van der Waals surface area contributed by atoms with Gasteiger partial charge in [-0.05, 0) is 45.0 Å². The first-order chi connectivity index (χ1) is 16.6. The quantitative estimate of drug-likeness (QED) is 0.659. The van der Waals surface area contributed by atoms with E-state index in [0.29, 0.717) is 44.8 Å². The van der Waals surface area contributed by atoms with Crippen molar-refractivity contribution in [1.82, 2.24) is 19.7 Å². The minimum atomic E-state index is -4.70. The van der Waals surface area contributed by atoms with Gasteiger partial charge in [0.2, 0.25) is 5.60 Å². The Balaban J connectivity index is 1.66. The number of rotatable bonds is 4. The van der Waals surface area contributed by atoms with Crippen LogP contribution < -0.4 is 4.74 Å². The number of ether oxygens (including phenoxy) is 1. The van der Waals surface area contributed by atoms with E-state index in [0.717, 1.165) is 24.0 Å². The van der Waals surface area contributed by atoms with Gasteiger partial charge in [0.05, 0.1) is 17.7 Å². The molecule has 3 heterocycles. The molecular weight excluding hydrogens is 461 g/mol. The Morgan fingerprint density at radius 2 is 1.69 bits per heavy atom. The van der Waals surface area contributed by atoms with Crippen LogP contribution >= 0.6 is 0 Å². The molecule has 0 N–H and O–H groups in total. The highest BCUT2D eigenvalue weighted by atomic mass is 19.4. The van der Waals surface area contributed by atoms with Crippen molar-refractivity contribution in [3.63, 3.8) is 0 Å². The fraction of sp³-hybridized carbons (Fsp3) is 0.480. The molecule has 2 aromatic rings. The van der Waals surface area contributed by atoms with Crippen molar-refractivity contribution in [1.29, 1.82) is 0 Å². The number of aryl methyl sites for hydroxylation is 1. The van der Waals surface area contributed by atoms with Gasteiger partial charge in [0.25, 0.3) is 11.8 Å². The topological polar surface area (TPSA) is 66.0 Å². The van der Waals surface area contributed by atoms with Gasteiger partial charge in [-0.2, -0.15) is 13.2 Å². The normalized spacial score (nSPS) is 21.6. The van der Waals surface area contributed by atoms with Crippen LogP contribution in [0.3, 0.4) is 0 Å². The van der Waals surface area contributed by atoms with Crippen LogP contribution in [0.15, 0.2) is 42.7 Å². The molecule has 0 spiro atoms. The molecule has 2 saturated heterocycles. The van der Waals surface area contributed by atoms with Crippen LogP contribution in [-0.4, -0.2) is 83.4 Å². The maximum absolute atomic E-state index is 13.8. The summed E-state index contributed by atoms with van der Waals surface area (Å²) in [5, 5.41) is 0. The Morgan fingerprint density at radius 3 is 2.34 bits per heavy atom. The monoisotopic (exact) mass is 490 g/mol. The van der Waals surface area contributed by atoms with Gasteiger partial charge in [0.1, 0.15) is 5.75 Å². The van der Waals surface area contributed by atoms with Gasteiger partial charge in [0.15, 0.2) is 0 Å². The number of alkyl halides is 3. The van der Waals surface area contributed by atoms with Gasteiger partial charge in [-0.25, -0.2) is 0 Å². The summed E-state index contributed by atoms with van der Waals surface area (Å²) >= 11 is 0. The molecule has 7 nitrogen and oxygen atoms in total. The van der Waals surface area contributed by atoms with Crippen LogP contribution in [0.2, 0.25) is 0 Å². The lowest BCUT2D eigenvalue weighted by atomic mass is 9.89. The number of piperazine rings is 1. The van der Waals surface area contributed by atoms with E-state index in [1.165, 1.54) is 4.90 Å². The second-order valence-corrected chi connectivity index (χ2v) is 9.25. The largest absolute Gasteiger partial charge is 0.476 e. The Morgan fingerprint density at radius 1 is 1.00 bits per heavy atom. The number of hydrogen-bond acceptors (Lipinski definition) is 5. The first kappa shape index (κ1) is 25.0. The van der Waals surface area contributed by atoms with Gasteiger partial charge in [0, 0.05) is 45.1 Å². The minimum Gasteiger partial charge on any atom is -0.476 e. The molecule has 2 aliphatic rings. The lowest BCUT2D eigenvalue weighted by molar-refractivity contribution is -0.154. The number of piperidine rings is 1. The van der Waals surface area contributed by atoms with E-state index in [2.05, 4.69) is 9.88 Å². The molecule has 1 unspecified atom stereocenters. The van der Waals surface area contributed by atoms with Crippen molar-refractivity contribution < 1.29 is 27.5 Å². The summed E-state index contributed by atoms with van der Waals surface area (Å²) in [4.78, 5) is 36.0. The predicted molar refractivity (Wildman–Crippen MR) is 123 cm³/mol. The molecule has 35 heavy (non-hydrogen) atoms. The number of carbonyl (C=O) groups excluding carboxylic acids is 2. The summed E-state index contributed by atoms with van der Waals surface area (Å²) in [5.74, 6) is -0.580. The van der Waals surface area contributed by atoms with Gasteiger partial charge >= 0.3 is 6.18 Å². The third-order valence-corrected chi connectivity index (χ3v) is 6.61. The number of halogens is 3. The molecule has 1 atom stereocenters. The third-order valence-electron chi connectivity index (χ3n) is 6.61. The van der Waals surface area contributed by atoms with Crippen molar-refractivity contribution in [3.05, 3.63) is 59.4 Å². The molecule has 2 amide bonds. The number of benzene rings is 1. The van der Waals surface area contributed by atoms with Crippen molar-refractivity contribution in [2.24, 2.45) is 0 Å². The van der Waals surface area contributed by atoms with Crippen molar-refractivity contribution in [2.45, 2.75) is 31.5 Å². The Hall–Kier alpha value is -3.14. The maximum Gasteiger partial charge on any atom is 0.417 e. The van der Waals surface area contributed by atoms with Crippen LogP contribution in [0.25, 0.3) is 0 Å². The van der Waals surface area contributed by atoms with Crippen LogP contribution in [0.5, 0.6) is 5.75 Å². The molecule has 188 valence electrons. The van der Waals surface area contributed by atoms with Gasteiger partial charge in [-0.3, -0.25) is 14.6 Å². The minimum absolute atomic E-state index is 0.142. The standard InChI is InChI=1S/C25H29F3N4O3/c1-18-4-6-19(7-5-18)35-24(23(34)31-14-12-30(2)13-15-31)9-3-11-32(17-24)22(33)20-16-29-10-8-21(20)25(26,27)28/h4-8,10,16H,3,9,11-15,17H2,1-2H3. The van der Waals surface area contributed by atoms with Gasteiger partial charge in [-0.15, -0.1) is 0 Å². The molecule has 0 saturated carbocycles. The molecule has 0 bridgehead atoms. The number of amides is 2. The summed E-state index contributed by atoms with van der Waals surface area (Å²) < 4.78 is 47.0. The average molecular weight is 491 g/mol. The summed E-state index contributed by atoms with van der Waals surface area (Å²) in [5.41, 5.74) is -1.94. The number of carbonyl (C=O) groups is 2. The number of likely N-dealkylation sites (N-methyl/N-ethyl adjacent to an activating group) is 1. The molecule has 0 aliphatic carbocycles. The van der Waals surface area contributed by atoms with Crippen molar-refractivity contribution >= 4 is 11.8 Å². The highest BCUT2D eigenvalue weighted by Crippen LogP contribution is 2.35. The van der Waals surface area contributed by atoms with Crippen LogP contribution in [0.4, 0.5) is 13.2 Å². The van der Waals surface area contributed by atoms with Crippen molar-refractivity contribution in [3.8, 4) is 5.75 Å². The lowest BCUT2D eigenvalue weighted by Gasteiger charge is -2.45. The van der Waals surface area contributed by atoms with Crippen molar-refractivity contribution in [2.75, 3.05) is 46.3 Å². The third kappa shape index (κ3) is 5.42. The summed E-state index contributed by atoms with van der Waals surface area (Å²) in [6.07, 6.45) is -1.98. The number of likely N-dealkylation sites (tertiary alicyclic amines) is 1. The Bertz CT molecular complexity index is 1070. The van der Waals surface area contributed by atoms with Crippen LogP contribution in [0, 0.1) is 6.92 Å². The van der Waals surface area contributed by atoms with Gasteiger partial charge < -0.3 is 19.4 Å². The fourth-order valence-corrected chi connectivity index (χ4v) is 4.61. The van der Waals surface area contributed by atoms with E-state index in [1.807, 2.05) is 26.1 Å². The van der Waals surface area contributed by atoms with E-state index < -0.39 is 28.8 Å². The molecule has 2 fully saturated rings. The second-order valence-electron chi connectivity index (χ2n) is 9.25. The number of nitrogens with zero attached hydrogens (tertiary/aromatic N) is 4. The maximum atomic E-state index is 13.8. The summed E-state index contributed by atoms with van der Waals surface area (Å²) in [6, 6.07) is 8.04. The SMILES string of the molecule is Cc1ccc(OC2(C(=O)N3CCN(C)CC3)CCCN(C(=O)c3cnccc3C(F)(F)F)C2)cc1.